The number of nitrogens with one attached hydrogen (secondary N) is 2. The fourth-order valence-electron chi connectivity index (χ4n) is 2.65. The minimum absolute atomic E-state index is 0.0464. The summed E-state index contributed by atoms with van der Waals surface area (Å²) in [4.78, 5) is 14.5. The quantitative estimate of drug-likeness (QED) is 0.838. The van der Waals surface area contributed by atoms with Gasteiger partial charge in [0.15, 0.2) is 5.82 Å². The molecule has 5 heteroatoms. The van der Waals surface area contributed by atoms with E-state index < -0.39 is 0 Å². The van der Waals surface area contributed by atoms with Crippen LogP contribution >= 0.6 is 11.3 Å². The molecule has 0 saturated heterocycles. The van der Waals surface area contributed by atoms with E-state index in [9.17, 15) is 4.79 Å². The predicted molar refractivity (Wildman–Crippen MR) is 86.2 cm³/mol. The van der Waals surface area contributed by atoms with Crippen LogP contribution in [0.15, 0.2) is 12.1 Å². The number of aromatic nitrogens is 2. The standard InChI is InChI=1S/C16H21N3OS/c1-10(2)12-9-15(19-18-12)17-16(20)14-8-11-6-4-3-5-7-13(11)21-14/h8-10H,3-7H2,1-2H3,(H2,17,18,19,20). The number of hydrogen-bond donors (Lipinski definition) is 2. The van der Waals surface area contributed by atoms with Gasteiger partial charge in [0.05, 0.1) is 4.88 Å². The molecule has 0 fully saturated rings. The number of amides is 1. The summed E-state index contributed by atoms with van der Waals surface area (Å²) in [5.74, 6) is 0.933. The van der Waals surface area contributed by atoms with Gasteiger partial charge in [0.25, 0.3) is 5.91 Å². The lowest BCUT2D eigenvalue weighted by atomic mass is 10.1. The molecule has 1 amide bonds. The summed E-state index contributed by atoms with van der Waals surface area (Å²) < 4.78 is 0. The Balaban J connectivity index is 1.73. The Morgan fingerprint density at radius 3 is 2.86 bits per heavy atom. The molecule has 4 nitrogen and oxygen atoms in total. The number of aryl methyl sites for hydroxylation is 2. The van der Waals surface area contributed by atoms with Crippen molar-refractivity contribution in [3.63, 3.8) is 0 Å². The van der Waals surface area contributed by atoms with Gasteiger partial charge in [-0.1, -0.05) is 20.3 Å². The number of carbonyl (C=O) groups is 1. The number of hydrogen-bond acceptors (Lipinski definition) is 3. The number of rotatable bonds is 3. The smallest absolute Gasteiger partial charge is 0.266 e. The maximum atomic E-state index is 12.3. The van der Waals surface area contributed by atoms with Gasteiger partial charge in [-0.25, -0.2) is 0 Å². The van der Waals surface area contributed by atoms with Gasteiger partial charge in [-0.3, -0.25) is 9.89 Å². The molecule has 3 rings (SSSR count). The van der Waals surface area contributed by atoms with Crippen LogP contribution in [0.3, 0.4) is 0 Å². The Morgan fingerprint density at radius 1 is 1.29 bits per heavy atom. The van der Waals surface area contributed by atoms with Crippen molar-refractivity contribution in [3.05, 3.63) is 33.1 Å². The number of H-pyrrole nitrogens is 1. The molecule has 0 atom stereocenters. The summed E-state index contributed by atoms with van der Waals surface area (Å²) in [6.07, 6.45) is 6.01. The molecule has 0 aliphatic heterocycles. The number of aromatic amines is 1. The molecule has 2 aromatic rings. The lowest BCUT2D eigenvalue weighted by molar-refractivity contribution is 0.103. The lowest BCUT2D eigenvalue weighted by Crippen LogP contribution is -2.10. The third-order valence-electron chi connectivity index (χ3n) is 3.93. The summed E-state index contributed by atoms with van der Waals surface area (Å²) in [5, 5.41) is 9.99. The first kappa shape index (κ1) is 14.3. The highest BCUT2D eigenvalue weighted by molar-refractivity contribution is 7.14. The van der Waals surface area contributed by atoms with Crippen LogP contribution in [0, 0.1) is 0 Å². The Labute approximate surface area is 129 Å². The number of thiophene rings is 1. The molecule has 2 N–H and O–H groups in total. The Kier molecular flexibility index (Phi) is 4.10. The van der Waals surface area contributed by atoms with Crippen LogP contribution in [-0.4, -0.2) is 16.1 Å². The van der Waals surface area contributed by atoms with Gasteiger partial charge >= 0.3 is 0 Å². The number of carbonyl (C=O) groups excluding carboxylic acids is 1. The fraction of sp³-hybridized carbons (Fsp3) is 0.500. The topological polar surface area (TPSA) is 57.8 Å². The van der Waals surface area contributed by atoms with E-state index in [-0.39, 0.29) is 5.91 Å². The zero-order valence-corrected chi connectivity index (χ0v) is 13.3. The van der Waals surface area contributed by atoms with Crippen LogP contribution in [0.4, 0.5) is 5.82 Å². The van der Waals surface area contributed by atoms with Gasteiger partial charge in [0.2, 0.25) is 0 Å². The zero-order valence-electron chi connectivity index (χ0n) is 12.5. The van der Waals surface area contributed by atoms with Gasteiger partial charge in [0.1, 0.15) is 0 Å². The molecule has 1 aliphatic rings. The average Bonchev–Trinajstić information content (AvgIpc) is 3.01. The summed E-state index contributed by atoms with van der Waals surface area (Å²) in [7, 11) is 0. The SMILES string of the molecule is CC(C)c1cc(NC(=O)c2cc3c(s2)CCCCC3)n[nH]1. The first-order valence-corrected chi connectivity index (χ1v) is 8.43. The molecule has 0 aromatic carbocycles. The molecule has 0 bridgehead atoms. The maximum Gasteiger partial charge on any atom is 0.266 e. The summed E-state index contributed by atoms with van der Waals surface area (Å²) in [5.41, 5.74) is 2.40. The van der Waals surface area contributed by atoms with E-state index in [1.807, 2.05) is 6.07 Å². The summed E-state index contributed by atoms with van der Waals surface area (Å²) in [6, 6.07) is 3.97. The van der Waals surface area contributed by atoms with E-state index in [0.717, 1.165) is 23.4 Å². The van der Waals surface area contributed by atoms with E-state index in [1.54, 1.807) is 11.3 Å². The van der Waals surface area contributed by atoms with Crippen molar-refractivity contribution in [1.29, 1.82) is 0 Å². The van der Waals surface area contributed by atoms with E-state index in [1.165, 1.54) is 29.7 Å². The van der Waals surface area contributed by atoms with Crippen molar-refractivity contribution in [3.8, 4) is 0 Å². The minimum Gasteiger partial charge on any atom is -0.304 e. The highest BCUT2D eigenvalue weighted by Gasteiger charge is 2.17. The Morgan fingerprint density at radius 2 is 2.10 bits per heavy atom. The van der Waals surface area contributed by atoms with Crippen LogP contribution in [0.1, 0.15) is 64.8 Å². The van der Waals surface area contributed by atoms with E-state index in [2.05, 4.69) is 35.4 Å². The molecule has 1 aliphatic carbocycles. The predicted octanol–water partition coefficient (Wildman–Crippen LogP) is 4.12. The average molecular weight is 303 g/mol. The van der Waals surface area contributed by atoms with Crippen molar-refractivity contribution in [1.82, 2.24) is 10.2 Å². The molecule has 0 spiro atoms. The third-order valence-corrected chi connectivity index (χ3v) is 5.17. The zero-order chi connectivity index (χ0) is 14.8. The monoisotopic (exact) mass is 303 g/mol. The largest absolute Gasteiger partial charge is 0.304 e. The molecule has 2 aromatic heterocycles. The highest BCUT2D eigenvalue weighted by Crippen LogP contribution is 2.29. The molecular formula is C16H21N3OS. The van der Waals surface area contributed by atoms with E-state index in [0.29, 0.717) is 11.7 Å². The lowest BCUT2D eigenvalue weighted by Gasteiger charge is -1.99. The molecule has 2 heterocycles. The van der Waals surface area contributed by atoms with Crippen molar-refractivity contribution in [2.24, 2.45) is 0 Å². The highest BCUT2D eigenvalue weighted by atomic mass is 32.1. The van der Waals surface area contributed by atoms with Gasteiger partial charge in [-0.15, -0.1) is 11.3 Å². The molecule has 112 valence electrons. The van der Waals surface area contributed by atoms with Crippen LogP contribution < -0.4 is 5.32 Å². The van der Waals surface area contributed by atoms with E-state index in [4.69, 9.17) is 0 Å². The Bertz CT molecular complexity index is 618. The van der Waals surface area contributed by atoms with Gasteiger partial charge < -0.3 is 5.32 Å². The van der Waals surface area contributed by atoms with Gasteiger partial charge in [-0.2, -0.15) is 5.10 Å². The van der Waals surface area contributed by atoms with Crippen molar-refractivity contribution in [2.45, 2.75) is 51.9 Å². The molecule has 0 radical (unpaired) electrons. The summed E-state index contributed by atoms with van der Waals surface area (Å²) >= 11 is 1.64. The molecule has 0 unspecified atom stereocenters. The first-order valence-electron chi connectivity index (χ1n) is 7.61. The first-order chi connectivity index (χ1) is 10.1. The van der Waals surface area contributed by atoms with Crippen molar-refractivity contribution >= 4 is 23.1 Å². The van der Waals surface area contributed by atoms with Crippen LogP contribution in [-0.2, 0) is 12.8 Å². The second-order valence-corrected chi connectivity index (χ2v) is 7.07. The number of fused-ring (bicyclic) bond motifs is 1. The summed E-state index contributed by atoms with van der Waals surface area (Å²) in [6.45, 7) is 4.19. The third kappa shape index (κ3) is 3.18. The van der Waals surface area contributed by atoms with Crippen LogP contribution in [0.5, 0.6) is 0 Å². The number of anilines is 1. The van der Waals surface area contributed by atoms with Crippen molar-refractivity contribution < 1.29 is 4.79 Å². The van der Waals surface area contributed by atoms with Crippen molar-refractivity contribution in [2.75, 3.05) is 5.32 Å². The molecule has 0 saturated carbocycles. The van der Waals surface area contributed by atoms with Gasteiger partial charge in [0, 0.05) is 16.6 Å². The molecule has 21 heavy (non-hydrogen) atoms. The fourth-order valence-corrected chi connectivity index (χ4v) is 3.80. The number of nitrogens with zero attached hydrogens (tertiary/aromatic N) is 1. The maximum absolute atomic E-state index is 12.3. The normalized spacial score (nSPS) is 14.8. The molecular weight excluding hydrogens is 282 g/mol. The minimum atomic E-state index is -0.0464. The van der Waals surface area contributed by atoms with Crippen LogP contribution in [0.25, 0.3) is 0 Å². The Hall–Kier alpha value is -1.62. The van der Waals surface area contributed by atoms with Crippen LogP contribution in [0.2, 0.25) is 0 Å². The van der Waals surface area contributed by atoms with Gasteiger partial charge in [-0.05, 0) is 43.2 Å². The second-order valence-electron chi connectivity index (χ2n) is 5.94. The van der Waals surface area contributed by atoms with E-state index >= 15 is 0 Å². The second kappa shape index (κ2) is 6.02.